The summed E-state index contributed by atoms with van der Waals surface area (Å²) in [5.74, 6) is -0.809. The monoisotopic (exact) mass is 599 g/mol. The van der Waals surface area contributed by atoms with Gasteiger partial charge in [-0.05, 0) is 75.5 Å². The average Bonchev–Trinajstić information content (AvgIpc) is 3.31. The van der Waals surface area contributed by atoms with Crippen LogP contribution in [0.2, 0.25) is 0 Å². The zero-order chi connectivity index (χ0) is 31.0. The molecule has 0 radical (unpaired) electrons. The third kappa shape index (κ3) is 9.34. The summed E-state index contributed by atoms with van der Waals surface area (Å²) in [7, 11) is 0. The first-order valence-electron chi connectivity index (χ1n) is 14.0. The average molecular weight is 600 g/mol. The minimum Gasteiger partial charge on any atom is -0.489 e. The van der Waals surface area contributed by atoms with E-state index in [2.05, 4.69) is 5.32 Å². The first-order valence-corrected chi connectivity index (χ1v) is 14.4. The lowest BCUT2D eigenvalue weighted by Crippen LogP contribution is -2.55. The Balaban J connectivity index is 1.86. The van der Waals surface area contributed by atoms with Crippen molar-refractivity contribution in [1.29, 1.82) is 0 Å². The van der Waals surface area contributed by atoms with Crippen LogP contribution in [0, 0.1) is 11.8 Å². The van der Waals surface area contributed by atoms with Crippen LogP contribution in [0.3, 0.4) is 0 Å². The summed E-state index contributed by atoms with van der Waals surface area (Å²) in [5.41, 5.74) is 6.88. The standard InChI is InChI=1S/C31H41N3O7S/c1-19(2)25-18-39-30(37)34(25)27(35)20(3)26(40-28(32)42)24(33-29(36)41-31(4,5)6)16-21-12-14-23(15-13-21)38-17-22-10-8-7-9-11-22/h7-15,19-20,24-26H,16-18H2,1-6H3,(H2,32,42)(H,33,36)/t20-,24+,25+,26-/m1/s1. The van der Waals surface area contributed by atoms with E-state index >= 15 is 0 Å². The van der Waals surface area contributed by atoms with Gasteiger partial charge in [0.1, 0.15) is 30.7 Å². The van der Waals surface area contributed by atoms with E-state index in [0.29, 0.717) is 12.4 Å². The maximum atomic E-state index is 13.7. The Morgan fingerprint density at radius 1 is 1.07 bits per heavy atom. The molecule has 0 aliphatic carbocycles. The highest BCUT2D eigenvalue weighted by atomic mass is 32.1. The number of cyclic esters (lactones) is 1. The fourth-order valence-corrected chi connectivity index (χ4v) is 4.74. The molecule has 3 amide bonds. The molecule has 1 aliphatic rings. The molecule has 0 spiro atoms. The van der Waals surface area contributed by atoms with Gasteiger partial charge in [-0.25, -0.2) is 14.5 Å². The van der Waals surface area contributed by atoms with Crippen LogP contribution in [-0.4, -0.2) is 58.6 Å². The lowest BCUT2D eigenvalue weighted by molar-refractivity contribution is -0.137. The second-order valence-electron chi connectivity index (χ2n) is 11.7. The van der Waals surface area contributed by atoms with Crippen molar-refractivity contribution in [2.45, 2.75) is 78.4 Å². The van der Waals surface area contributed by atoms with Gasteiger partial charge < -0.3 is 30.0 Å². The van der Waals surface area contributed by atoms with Crippen LogP contribution in [-0.2, 0) is 32.0 Å². The number of hydrogen-bond acceptors (Lipinski definition) is 8. The molecule has 3 N–H and O–H groups in total. The summed E-state index contributed by atoms with van der Waals surface area (Å²) in [6.45, 7) is 11.2. The van der Waals surface area contributed by atoms with Crippen molar-refractivity contribution >= 4 is 35.5 Å². The Hall–Kier alpha value is -3.86. The number of benzene rings is 2. The number of amides is 3. The Morgan fingerprint density at radius 3 is 2.29 bits per heavy atom. The highest BCUT2D eigenvalue weighted by molar-refractivity contribution is 7.80. The molecule has 1 saturated heterocycles. The van der Waals surface area contributed by atoms with Crippen molar-refractivity contribution in [3.8, 4) is 5.75 Å². The molecule has 2 aromatic carbocycles. The van der Waals surface area contributed by atoms with Crippen LogP contribution in [0.15, 0.2) is 54.6 Å². The number of thiocarbonyl (C=S) groups is 1. The third-order valence-electron chi connectivity index (χ3n) is 6.77. The molecule has 0 aromatic heterocycles. The summed E-state index contributed by atoms with van der Waals surface area (Å²) in [4.78, 5) is 40.3. The van der Waals surface area contributed by atoms with E-state index < -0.39 is 47.8 Å². The highest BCUT2D eigenvalue weighted by Crippen LogP contribution is 2.26. The second kappa shape index (κ2) is 14.4. The lowest BCUT2D eigenvalue weighted by Gasteiger charge is -2.34. The van der Waals surface area contributed by atoms with Crippen molar-refractivity contribution in [3.63, 3.8) is 0 Å². The fraction of sp³-hybridized carbons (Fsp3) is 0.484. The number of alkyl carbamates (subject to hydrolysis) is 1. The topological polar surface area (TPSA) is 129 Å². The largest absolute Gasteiger partial charge is 0.489 e. The maximum absolute atomic E-state index is 13.7. The van der Waals surface area contributed by atoms with Crippen LogP contribution < -0.4 is 15.8 Å². The second-order valence-corrected chi connectivity index (χ2v) is 12.1. The molecule has 3 rings (SSSR count). The van der Waals surface area contributed by atoms with E-state index in [1.165, 1.54) is 0 Å². The van der Waals surface area contributed by atoms with Gasteiger partial charge in [0.25, 0.3) is 5.17 Å². The zero-order valence-corrected chi connectivity index (χ0v) is 25.8. The van der Waals surface area contributed by atoms with Crippen molar-refractivity contribution in [2.75, 3.05) is 6.61 Å². The van der Waals surface area contributed by atoms with E-state index in [1.807, 2.05) is 68.4 Å². The highest BCUT2D eigenvalue weighted by Gasteiger charge is 2.45. The van der Waals surface area contributed by atoms with Crippen molar-refractivity contribution < 1.29 is 33.3 Å². The molecule has 10 nitrogen and oxygen atoms in total. The van der Waals surface area contributed by atoms with Crippen LogP contribution in [0.4, 0.5) is 9.59 Å². The van der Waals surface area contributed by atoms with Gasteiger partial charge in [-0.15, -0.1) is 0 Å². The number of rotatable bonds is 11. The van der Waals surface area contributed by atoms with Gasteiger partial charge >= 0.3 is 12.2 Å². The Labute approximate surface area is 252 Å². The van der Waals surface area contributed by atoms with Crippen LogP contribution >= 0.6 is 12.2 Å². The summed E-state index contributed by atoms with van der Waals surface area (Å²) in [5, 5.41) is 2.54. The summed E-state index contributed by atoms with van der Waals surface area (Å²) >= 11 is 5.05. The van der Waals surface area contributed by atoms with Gasteiger partial charge in [0.2, 0.25) is 5.91 Å². The molecular formula is C31H41N3O7S. The van der Waals surface area contributed by atoms with Gasteiger partial charge in [-0.2, -0.15) is 0 Å². The van der Waals surface area contributed by atoms with E-state index in [-0.39, 0.29) is 24.1 Å². The van der Waals surface area contributed by atoms with Crippen LogP contribution in [0.25, 0.3) is 0 Å². The van der Waals surface area contributed by atoms with Gasteiger partial charge in [-0.3, -0.25) is 4.79 Å². The third-order valence-corrected chi connectivity index (χ3v) is 6.87. The molecule has 228 valence electrons. The van der Waals surface area contributed by atoms with Gasteiger partial charge in [-0.1, -0.05) is 56.3 Å². The summed E-state index contributed by atoms with van der Waals surface area (Å²) in [6.07, 6.45) is -2.21. The molecule has 0 unspecified atom stereocenters. The first-order chi connectivity index (χ1) is 19.7. The quantitative estimate of drug-likeness (QED) is 0.344. The minimum atomic E-state index is -1.03. The van der Waals surface area contributed by atoms with E-state index in [1.54, 1.807) is 27.7 Å². The van der Waals surface area contributed by atoms with Crippen molar-refractivity contribution in [1.82, 2.24) is 10.2 Å². The molecular weight excluding hydrogens is 558 g/mol. The van der Waals surface area contributed by atoms with Gasteiger partial charge in [0, 0.05) is 0 Å². The lowest BCUT2D eigenvalue weighted by atomic mass is 9.91. The van der Waals surface area contributed by atoms with Crippen LogP contribution in [0.5, 0.6) is 5.75 Å². The Bertz CT molecular complexity index is 1230. The molecule has 1 fully saturated rings. The van der Waals surface area contributed by atoms with Crippen molar-refractivity contribution in [3.05, 3.63) is 65.7 Å². The number of ether oxygens (including phenoxy) is 4. The zero-order valence-electron chi connectivity index (χ0n) is 25.0. The predicted octanol–water partition coefficient (Wildman–Crippen LogP) is 4.97. The molecule has 0 saturated carbocycles. The molecule has 4 atom stereocenters. The SMILES string of the molecule is CC(C)[C@@H]1COC(=O)N1C(=O)[C@H](C)[C@@H](OC(N)=S)[C@H](Cc1ccc(OCc2ccccc2)cc1)NC(=O)OC(C)(C)C. The predicted molar refractivity (Wildman–Crippen MR) is 162 cm³/mol. The number of nitrogens with two attached hydrogens (primary N) is 1. The molecule has 11 heteroatoms. The molecule has 2 aromatic rings. The number of carbonyl (C=O) groups is 3. The van der Waals surface area contributed by atoms with E-state index in [0.717, 1.165) is 16.0 Å². The maximum Gasteiger partial charge on any atom is 0.416 e. The van der Waals surface area contributed by atoms with Crippen LogP contribution in [0.1, 0.15) is 52.7 Å². The Kier molecular flexibility index (Phi) is 11.2. The van der Waals surface area contributed by atoms with Gasteiger partial charge in [0.05, 0.1) is 18.0 Å². The van der Waals surface area contributed by atoms with E-state index in [9.17, 15) is 14.4 Å². The molecule has 1 heterocycles. The van der Waals surface area contributed by atoms with Crippen molar-refractivity contribution in [2.24, 2.45) is 17.6 Å². The fourth-order valence-electron chi connectivity index (χ4n) is 4.63. The Morgan fingerprint density at radius 2 is 1.71 bits per heavy atom. The summed E-state index contributed by atoms with van der Waals surface area (Å²) in [6, 6.07) is 15.9. The summed E-state index contributed by atoms with van der Waals surface area (Å²) < 4.78 is 22.4. The number of hydrogen-bond donors (Lipinski definition) is 2. The van der Waals surface area contributed by atoms with E-state index in [4.69, 9.17) is 36.9 Å². The number of carbonyl (C=O) groups excluding carboxylic acids is 3. The molecule has 42 heavy (non-hydrogen) atoms. The first kappa shape index (κ1) is 32.7. The molecule has 0 bridgehead atoms. The number of imide groups is 1. The number of nitrogens with one attached hydrogen (secondary N) is 1. The minimum absolute atomic E-state index is 0.0270. The molecule has 1 aliphatic heterocycles. The van der Waals surface area contributed by atoms with Gasteiger partial charge in [0.15, 0.2) is 0 Å². The normalized spacial score (nSPS) is 17.2. The smallest absolute Gasteiger partial charge is 0.416 e. The number of nitrogens with zero attached hydrogens (tertiary/aromatic N) is 1.